The summed E-state index contributed by atoms with van der Waals surface area (Å²) in [6, 6.07) is 2.65. The van der Waals surface area contributed by atoms with Gasteiger partial charge in [-0.1, -0.05) is 0 Å². The topological polar surface area (TPSA) is 19.4 Å². The van der Waals surface area contributed by atoms with Crippen molar-refractivity contribution in [3.63, 3.8) is 0 Å². The van der Waals surface area contributed by atoms with Crippen molar-refractivity contribution in [3.8, 4) is 0 Å². The fraction of sp³-hybridized carbons (Fsp3) is 0.615. The van der Waals surface area contributed by atoms with Crippen molar-refractivity contribution in [3.05, 3.63) is 23.4 Å². The van der Waals surface area contributed by atoms with E-state index in [4.69, 9.17) is 11.6 Å². The summed E-state index contributed by atoms with van der Waals surface area (Å²) in [5.74, 6) is 1.64. The molecule has 17 heavy (non-hydrogen) atoms. The Bertz CT molecular complexity index is 394. The van der Waals surface area contributed by atoms with Gasteiger partial charge < -0.3 is 9.80 Å². The molecule has 0 spiro atoms. The Morgan fingerprint density at radius 3 is 2.82 bits per heavy atom. The van der Waals surface area contributed by atoms with Gasteiger partial charge in [0.1, 0.15) is 5.82 Å². The Morgan fingerprint density at radius 2 is 2.24 bits per heavy atom. The Balaban J connectivity index is 2.22. The second-order valence-corrected chi connectivity index (χ2v) is 5.19. The fourth-order valence-corrected chi connectivity index (χ4v) is 2.60. The van der Waals surface area contributed by atoms with Gasteiger partial charge in [0.25, 0.3) is 0 Å². The second kappa shape index (κ2) is 5.23. The minimum absolute atomic E-state index is 0.516. The Kier molecular flexibility index (Phi) is 3.89. The molecule has 2 heterocycles. The molecular weight excluding hydrogens is 234 g/mol. The zero-order valence-electron chi connectivity index (χ0n) is 10.8. The molecule has 1 aromatic rings. The zero-order valence-corrected chi connectivity index (χ0v) is 11.5. The quantitative estimate of drug-likeness (QED) is 0.754. The first kappa shape index (κ1) is 12.7. The van der Waals surface area contributed by atoms with Gasteiger partial charge in [-0.15, -0.1) is 11.6 Å². The molecule has 0 amide bonds. The highest BCUT2D eigenvalue weighted by Gasteiger charge is 2.23. The molecule has 0 bridgehead atoms. The molecule has 0 radical (unpaired) electrons. The molecule has 1 fully saturated rings. The van der Waals surface area contributed by atoms with E-state index in [1.165, 1.54) is 5.56 Å². The number of nitrogens with zero attached hydrogens (tertiary/aromatic N) is 3. The Labute approximate surface area is 108 Å². The lowest BCUT2D eigenvalue weighted by Crippen LogP contribution is -2.51. The molecule has 3 nitrogen and oxygen atoms in total. The molecule has 0 aromatic carbocycles. The summed E-state index contributed by atoms with van der Waals surface area (Å²) in [5.41, 5.74) is 2.31. The molecule has 0 N–H and O–H groups in total. The van der Waals surface area contributed by atoms with Crippen LogP contribution in [0.2, 0.25) is 0 Å². The Morgan fingerprint density at radius 1 is 1.47 bits per heavy atom. The van der Waals surface area contributed by atoms with Crippen LogP contribution in [0.4, 0.5) is 5.82 Å². The van der Waals surface area contributed by atoms with Gasteiger partial charge in [0.15, 0.2) is 0 Å². The van der Waals surface area contributed by atoms with Crippen molar-refractivity contribution < 1.29 is 0 Å². The monoisotopic (exact) mass is 253 g/mol. The normalized spacial score (nSPS) is 21.9. The van der Waals surface area contributed by atoms with Gasteiger partial charge >= 0.3 is 0 Å². The smallest absolute Gasteiger partial charge is 0.131 e. The maximum Gasteiger partial charge on any atom is 0.131 e. The van der Waals surface area contributed by atoms with Gasteiger partial charge in [0, 0.05) is 37.8 Å². The summed E-state index contributed by atoms with van der Waals surface area (Å²) >= 11 is 5.82. The average Bonchev–Trinajstić information content (AvgIpc) is 2.30. The van der Waals surface area contributed by atoms with Crippen molar-refractivity contribution in [1.82, 2.24) is 9.88 Å². The van der Waals surface area contributed by atoms with E-state index in [0.29, 0.717) is 11.9 Å². The molecule has 94 valence electrons. The molecule has 1 saturated heterocycles. The molecule has 1 aromatic heterocycles. The molecule has 1 aliphatic rings. The van der Waals surface area contributed by atoms with E-state index < -0.39 is 0 Å². The number of pyridine rings is 1. The minimum Gasteiger partial charge on any atom is -0.351 e. The highest BCUT2D eigenvalue weighted by molar-refractivity contribution is 6.17. The summed E-state index contributed by atoms with van der Waals surface area (Å²) < 4.78 is 0. The number of aromatic nitrogens is 1. The van der Waals surface area contributed by atoms with E-state index >= 15 is 0 Å². The third-order valence-electron chi connectivity index (χ3n) is 3.36. The molecule has 1 atom stereocenters. The third kappa shape index (κ3) is 2.72. The van der Waals surface area contributed by atoms with Gasteiger partial charge in [-0.05, 0) is 38.1 Å². The van der Waals surface area contributed by atoms with E-state index in [-0.39, 0.29) is 0 Å². The SMILES string of the molecule is Cc1cc(CCl)cnc1N1CCN(C)CC1C. The van der Waals surface area contributed by atoms with Crippen LogP contribution in [0.3, 0.4) is 0 Å². The molecule has 1 aliphatic heterocycles. The van der Waals surface area contributed by atoms with Crippen LogP contribution >= 0.6 is 11.6 Å². The summed E-state index contributed by atoms with van der Waals surface area (Å²) in [5, 5.41) is 0. The third-order valence-corrected chi connectivity index (χ3v) is 3.67. The van der Waals surface area contributed by atoms with Crippen LogP contribution in [0.15, 0.2) is 12.3 Å². The molecular formula is C13H20ClN3. The molecule has 0 saturated carbocycles. The summed E-state index contributed by atoms with van der Waals surface area (Å²) in [7, 11) is 2.17. The summed E-state index contributed by atoms with van der Waals surface area (Å²) in [4.78, 5) is 9.33. The number of piperazine rings is 1. The van der Waals surface area contributed by atoms with Crippen molar-refractivity contribution in [2.24, 2.45) is 0 Å². The number of rotatable bonds is 2. The largest absolute Gasteiger partial charge is 0.351 e. The number of alkyl halides is 1. The minimum atomic E-state index is 0.516. The Hall–Kier alpha value is -0.800. The first-order chi connectivity index (χ1) is 8.11. The highest BCUT2D eigenvalue weighted by atomic mass is 35.5. The van der Waals surface area contributed by atoms with Gasteiger partial charge in [-0.3, -0.25) is 0 Å². The van der Waals surface area contributed by atoms with Gasteiger partial charge in [0.2, 0.25) is 0 Å². The van der Waals surface area contributed by atoms with E-state index in [0.717, 1.165) is 31.0 Å². The standard InChI is InChI=1S/C13H20ClN3/c1-10-6-12(7-14)8-15-13(10)17-5-4-16(3)9-11(17)2/h6,8,11H,4-5,7,9H2,1-3H3. The lowest BCUT2D eigenvalue weighted by Gasteiger charge is -2.39. The number of anilines is 1. The van der Waals surface area contributed by atoms with Gasteiger partial charge in [0.05, 0.1) is 0 Å². The van der Waals surface area contributed by atoms with Crippen LogP contribution in [0.25, 0.3) is 0 Å². The predicted molar refractivity (Wildman–Crippen MR) is 72.8 cm³/mol. The highest BCUT2D eigenvalue weighted by Crippen LogP contribution is 2.22. The van der Waals surface area contributed by atoms with E-state index in [9.17, 15) is 0 Å². The molecule has 4 heteroatoms. The number of hydrogen-bond acceptors (Lipinski definition) is 3. The van der Waals surface area contributed by atoms with Gasteiger partial charge in [-0.2, -0.15) is 0 Å². The maximum absolute atomic E-state index is 5.82. The molecule has 0 aliphatic carbocycles. The molecule has 1 unspecified atom stereocenters. The summed E-state index contributed by atoms with van der Waals surface area (Å²) in [6.07, 6.45) is 1.89. The van der Waals surface area contributed by atoms with Crippen LogP contribution < -0.4 is 4.90 Å². The van der Waals surface area contributed by atoms with Crippen molar-refractivity contribution >= 4 is 17.4 Å². The lowest BCUT2D eigenvalue weighted by molar-refractivity contribution is 0.274. The van der Waals surface area contributed by atoms with Crippen LogP contribution in [-0.2, 0) is 5.88 Å². The van der Waals surface area contributed by atoms with E-state index in [1.807, 2.05) is 6.20 Å². The van der Waals surface area contributed by atoms with E-state index in [1.54, 1.807) is 0 Å². The number of aryl methyl sites for hydroxylation is 1. The first-order valence-corrected chi connectivity index (χ1v) is 6.62. The fourth-order valence-electron chi connectivity index (χ4n) is 2.45. The number of likely N-dealkylation sites (N-methyl/N-ethyl adjacent to an activating group) is 1. The number of halogens is 1. The van der Waals surface area contributed by atoms with Crippen molar-refractivity contribution in [2.75, 3.05) is 31.6 Å². The predicted octanol–water partition coefficient (Wildman–Crippen LogP) is 2.27. The van der Waals surface area contributed by atoms with Gasteiger partial charge in [-0.25, -0.2) is 4.98 Å². The van der Waals surface area contributed by atoms with Crippen LogP contribution in [0, 0.1) is 6.92 Å². The van der Waals surface area contributed by atoms with Crippen molar-refractivity contribution in [1.29, 1.82) is 0 Å². The maximum atomic E-state index is 5.82. The summed E-state index contributed by atoms with van der Waals surface area (Å²) in [6.45, 7) is 7.61. The number of hydrogen-bond donors (Lipinski definition) is 0. The first-order valence-electron chi connectivity index (χ1n) is 6.08. The second-order valence-electron chi connectivity index (χ2n) is 4.92. The van der Waals surface area contributed by atoms with Crippen LogP contribution in [0.5, 0.6) is 0 Å². The van der Waals surface area contributed by atoms with Crippen LogP contribution in [-0.4, -0.2) is 42.6 Å². The zero-order chi connectivity index (χ0) is 12.4. The van der Waals surface area contributed by atoms with Crippen molar-refractivity contribution in [2.45, 2.75) is 25.8 Å². The average molecular weight is 254 g/mol. The lowest BCUT2D eigenvalue weighted by atomic mass is 10.1. The van der Waals surface area contributed by atoms with E-state index in [2.05, 4.69) is 41.7 Å². The molecule has 2 rings (SSSR count). The van der Waals surface area contributed by atoms with Crippen LogP contribution in [0.1, 0.15) is 18.1 Å².